The molecular formula is C12H20N6O. The van der Waals surface area contributed by atoms with Crippen LogP contribution in [0.15, 0.2) is 33.5 Å². The molecule has 0 aromatic heterocycles. The van der Waals surface area contributed by atoms with E-state index >= 15 is 0 Å². The molecule has 0 N–H and O–H groups in total. The van der Waals surface area contributed by atoms with Crippen molar-refractivity contribution >= 4 is 0 Å². The van der Waals surface area contributed by atoms with Crippen LogP contribution in [-0.4, -0.2) is 25.3 Å². The third-order valence-corrected chi connectivity index (χ3v) is 2.03. The van der Waals surface area contributed by atoms with Crippen LogP contribution < -0.4 is 0 Å². The van der Waals surface area contributed by atoms with E-state index in [1.54, 1.807) is 0 Å². The van der Waals surface area contributed by atoms with Crippen molar-refractivity contribution in [2.75, 3.05) is 13.2 Å². The summed E-state index contributed by atoms with van der Waals surface area (Å²) in [4.78, 5) is 5.56. The fourth-order valence-electron chi connectivity index (χ4n) is 1.44. The van der Waals surface area contributed by atoms with Gasteiger partial charge >= 0.3 is 0 Å². The third-order valence-electron chi connectivity index (χ3n) is 2.03. The van der Waals surface area contributed by atoms with Crippen LogP contribution in [0.25, 0.3) is 20.9 Å². The molecule has 104 valence electrons. The fraction of sp³-hybridized carbons (Fsp3) is 0.667. The van der Waals surface area contributed by atoms with Gasteiger partial charge in [-0.25, -0.2) is 0 Å². The summed E-state index contributed by atoms with van der Waals surface area (Å²) in [7, 11) is 0. The molecule has 0 amide bonds. The minimum Gasteiger partial charge on any atom is -0.380 e. The van der Waals surface area contributed by atoms with Gasteiger partial charge in [-0.05, 0) is 38.8 Å². The Morgan fingerprint density at radius 1 is 0.947 bits per heavy atom. The number of hydrogen-bond donors (Lipinski definition) is 0. The zero-order valence-corrected chi connectivity index (χ0v) is 11.8. The second-order valence-electron chi connectivity index (χ2n) is 4.57. The summed E-state index contributed by atoms with van der Waals surface area (Å²) in [5.74, 6) is 0. The summed E-state index contributed by atoms with van der Waals surface area (Å²) in [6.07, 6.45) is 3.67. The molecule has 0 aromatic carbocycles. The predicted molar refractivity (Wildman–Crippen MR) is 75.5 cm³/mol. The standard InChI is InChI=1S/C12H20N6O/c1-9(2)5-11(15-17-13)7-19-8-12(16-18-14)6-10(3)4/h5-6,11-12H,7-8H2,1-4H3. The lowest BCUT2D eigenvalue weighted by molar-refractivity contribution is 0.125. The topological polar surface area (TPSA) is 107 Å². The zero-order chi connectivity index (χ0) is 14.7. The average Bonchev–Trinajstić information content (AvgIpc) is 2.27. The number of hydrogen-bond acceptors (Lipinski definition) is 3. The summed E-state index contributed by atoms with van der Waals surface area (Å²) in [6.45, 7) is 8.22. The van der Waals surface area contributed by atoms with Crippen molar-refractivity contribution in [2.24, 2.45) is 10.2 Å². The largest absolute Gasteiger partial charge is 0.380 e. The Morgan fingerprint density at radius 2 is 1.32 bits per heavy atom. The molecule has 0 aromatic rings. The second kappa shape index (κ2) is 10.0. The van der Waals surface area contributed by atoms with Crippen molar-refractivity contribution in [3.05, 3.63) is 44.2 Å². The monoisotopic (exact) mass is 264 g/mol. The molecule has 7 nitrogen and oxygen atoms in total. The first-order chi connectivity index (χ1) is 8.99. The van der Waals surface area contributed by atoms with Gasteiger partial charge in [0.25, 0.3) is 0 Å². The Morgan fingerprint density at radius 3 is 1.58 bits per heavy atom. The Kier molecular flexibility index (Phi) is 9.00. The van der Waals surface area contributed by atoms with E-state index in [0.29, 0.717) is 0 Å². The van der Waals surface area contributed by atoms with E-state index in [4.69, 9.17) is 15.8 Å². The minimum atomic E-state index is -0.339. The highest BCUT2D eigenvalue weighted by molar-refractivity contribution is 5.03. The van der Waals surface area contributed by atoms with Crippen molar-refractivity contribution in [3.8, 4) is 0 Å². The van der Waals surface area contributed by atoms with E-state index in [2.05, 4.69) is 20.1 Å². The SMILES string of the molecule is CC(C)=CC(COCC(C=C(C)C)N=[N+]=[N-])N=[N+]=[N-]. The fourth-order valence-corrected chi connectivity index (χ4v) is 1.44. The average molecular weight is 264 g/mol. The van der Waals surface area contributed by atoms with Crippen molar-refractivity contribution in [1.82, 2.24) is 0 Å². The molecule has 0 saturated carbocycles. The highest BCUT2D eigenvalue weighted by Crippen LogP contribution is 2.04. The van der Waals surface area contributed by atoms with Crippen molar-refractivity contribution in [3.63, 3.8) is 0 Å². The molecule has 19 heavy (non-hydrogen) atoms. The lowest BCUT2D eigenvalue weighted by Gasteiger charge is -2.11. The highest BCUT2D eigenvalue weighted by Gasteiger charge is 2.06. The van der Waals surface area contributed by atoms with Crippen molar-refractivity contribution in [2.45, 2.75) is 39.8 Å². The number of ether oxygens (including phenoxy) is 1. The lowest BCUT2D eigenvalue weighted by Crippen LogP contribution is -2.17. The molecule has 0 radical (unpaired) electrons. The van der Waals surface area contributed by atoms with Gasteiger partial charge in [0.05, 0.1) is 25.3 Å². The van der Waals surface area contributed by atoms with Crippen LogP contribution in [0.2, 0.25) is 0 Å². The van der Waals surface area contributed by atoms with Gasteiger partial charge in [0.15, 0.2) is 0 Å². The van der Waals surface area contributed by atoms with Crippen molar-refractivity contribution in [1.29, 1.82) is 0 Å². The van der Waals surface area contributed by atoms with Crippen LogP contribution in [0, 0.1) is 0 Å². The molecule has 0 aliphatic heterocycles. The smallest absolute Gasteiger partial charge is 0.0791 e. The van der Waals surface area contributed by atoms with E-state index in [1.165, 1.54) is 0 Å². The molecule has 0 aliphatic rings. The summed E-state index contributed by atoms with van der Waals surface area (Å²) >= 11 is 0. The first-order valence-corrected chi connectivity index (χ1v) is 5.95. The summed E-state index contributed by atoms with van der Waals surface area (Å²) < 4.78 is 5.45. The molecule has 0 bridgehead atoms. The first kappa shape index (κ1) is 17.1. The van der Waals surface area contributed by atoms with Crippen LogP contribution >= 0.6 is 0 Å². The van der Waals surface area contributed by atoms with Gasteiger partial charge in [0.1, 0.15) is 0 Å². The Hall–Kier alpha value is -1.94. The van der Waals surface area contributed by atoms with Crippen molar-refractivity contribution < 1.29 is 4.74 Å². The molecule has 0 saturated heterocycles. The zero-order valence-electron chi connectivity index (χ0n) is 11.8. The maximum atomic E-state index is 8.46. The Bertz CT molecular complexity index is 382. The summed E-state index contributed by atoms with van der Waals surface area (Å²) in [6, 6.07) is -0.679. The highest BCUT2D eigenvalue weighted by atomic mass is 16.5. The lowest BCUT2D eigenvalue weighted by atomic mass is 10.2. The summed E-state index contributed by atoms with van der Waals surface area (Å²) in [5, 5.41) is 7.26. The normalized spacial score (nSPS) is 12.4. The maximum Gasteiger partial charge on any atom is 0.0791 e. The van der Waals surface area contributed by atoms with E-state index < -0.39 is 0 Å². The van der Waals surface area contributed by atoms with Crippen LogP contribution in [0.5, 0.6) is 0 Å². The molecule has 0 spiro atoms. The van der Waals surface area contributed by atoms with Gasteiger partial charge in [-0.2, -0.15) is 0 Å². The van der Waals surface area contributed by atoms with Gasteiger partial charge in [0.2, 0.25) is 0 Å². The molecule has 0 aliphatic carbocycles. The Balaban J connectivity index is 4.44. The molecule has 0 fully saturated rings. The van der Waals surface area contributed by atoms with Crippen LogP contribution in [0.4, 0.5) is 0 Å². The number of rotatable bonds is 8. The first-order valence-electron chi connectivity index (χ1n) is 5.95. The molecule has 2 atom stereocenters. The second-order valence-corrected chi connectivity index (χ2v) is 4.57. The molecule has 0 heterocycles. The van der Waals surface area contributed by atoms with E-state index in [9.17, 15) is 0 Å². The number of azide groups is 2. The van der Waals surface area contributed by atoms with Crippen LogP contribution in [0.1, 0.15) is 27.7 Å². The Labute approximate surface area is 113 Å². The predicted octanol–water partition coefficient (Wildman–Crippen LogP) is 4.29. The van der Waals surface area contributed by atoms with Crippen LogP contribution in [-0.2, 0) is 4.74 Å². The van der Waals surface area contributed by atoms with Crippen LogP contribution in [0.3, 0.4) is 0 Å². The van der Waals surface area contributed by atoms with Gasteiger partial charge in [0, 0.05) is 9.82 Å². The van der Waals surface area contributed by atoms with Gasteiger partial charge in [-0.1, -0.05) is 33.5 Å². The maximum absolute atomic E-state index is 8.46. The van der Waals surface area contributed by atoms with E-state index in [1.807, 2.05) is 39.8 Å². The molecular weight excluding hydrogens is 244 g/mol. The number of nitrogens with zero attached hydrogens (tertiary/aromatic N) is 6. The molecule has 7 heteroatoms. The third kappa shape index (κ3) is 9.73. The molecule has 2 unspecified atom stereocenters. The van der Waals surface area contributed by atoms with Gasteiger partial charge in [-0.15, -0.1) is 0 Å². The minimum absolute atomic E-state index is 0.267. The quantitative estimate of drug-likeness (QED) is 0.277. The summed E-state index contributed by atoms with van der Waals surface area (Å²) in [5.41, 5.74) is 19.0. The van der Waals surface area contributed by atoms with Gasteiger partial charge < -0.3 is 4.74 Å². The molecule has 0 rings (SSSR count). The van der Waals surface area contributed by atoms with Gasteiger partial charge in [-0.3, -0.25) is 0 Å². The number of allylic oxidation sites excluding steroid dienone is 2. The van der Waals surface area contributed by atoms with E-state index in [0.717, 1.165) is 11.1 Å². The van der Waals surface area contributed by atoms with E-state index in [-0.39, 0.29) is 25.3 Å².